The molecule has 1 aliphatic carbocycles. The first-order chi connectivity index (χ1) is 9.35. The Hall–Kier alpha value is -1.10. The van der Waals surface area contributed by atoms with Crippen molar-refractivity contribution < 1.29 is 14.7 Å². The number of likely N-dealkylation sites (N-methyl/N-ethyl adjacent to an activating group) is 1. The minimum atomic E-state index is -0.845. The smallest absolute Gasteiger partial charge is 0.303 e. The Labute approximate surface area is 121 Å². The van der Waals surface area contributed by atoms with E-state index < -0.39 is 5.97 Å². The number of hydrogen-bond acceptors (Lipinski definition) is 3. The molecule has 2 N–H and O–H groups in total. The summed E-state index contributed by atoms with van der Waals surface area (Å²) in [4.78, 5) is 24.7. The molecular weight excluding hydrogens is 256 g/mol. The van der Waals surface area contributed by atoms with Gasteiger partial charge < -0.3 is 15.3 Å². The van der Waals surface area contributed by atoms with Gasteiger partial charge in [0.25, 0.3) is 0 Å². The van der Waals surface area contributed by atoms with Crippen molar-refractivity contribution in [2.45, 2.75) is 57.4 Å². The zero-order valence-electron chi connectivity index (χ0n) is 12.9. The molecule has 0 saturated heterocycles. The van der Waals surface area contributed by atoms with E-state index in [2.05, 4.69) is 24.3 Å². The molecule has 1 fully saturated rings. The van der Waals surface area contributed by atoms with Gasteiger partial charge in [0.1, 0.15) is 0 Å². The van der Waals surface area contributed by atoms with Gasteiger partial charge >= 0.3 is 5.97 Å². The molecule has 0 aromatic heterocycles. The van der Waals surface area contributed by atoms with Gasteiger partial charge in [0.2, 0.25) is 5.91 Å². The van der Waals surface area contributed by atoms with Crippen LogP contribution in [0.5, 0.6) is 0 Å². The van der Waals surface area contributed by atoms with Gasteiger partial charge in [-0.25, -0.2) is 0 Å². The van der Waals surface area contributed by atoms with Crippen LogP contribution in [0.4, 0.5) is 0 Å². The van der Waals surface area contributed by atoms with Crippen LogP contribution in [-0.2, 0) is 9.59 Å². The third-order valence-corrected chi connectivity index (χ3v) is 4.40. The number of nitrogens with one attached hydrogen (secondary N) is 1. The standard InChI is InChI=1S/C15H28N2O3/c1-12(10-14(19)20)9-13(18)16-11-15(17(2)3)7-5-4-6-8-15/h12H,4-11H2,1-3H3,(H,16,18)(H,19,20). The Morgan fingerprint density at radius 2 is 1.80 bits per heavy atom. The molecule has 1 rings (SSSR count). The average Bonchev–Trinajstić information content (AvgIpc) is 2.36. The minimum absolute atomic E-state index is 0.0365. The molecule has 0 radical (unpaired) electrons. The van der Waals surface area contributed by atoms with E-state index in [1.165, 1.54) is 19.3 Å². The molecule has 1 unspecified atom stereocenters. The second-order valence-corrected chi connectivity index (χ2v) is 6.36. The summed E-state index contributed by atoms with van der Waals surface area (Å²) in [5, 5.41) is 11.7. The third-order valence-electron chi connectivity index (χ3n) is 4.40. The molecule has 0 aliphatic heterocycles. The fraction of sp³-hybridized carbons (Fsp3) is 0.867. The number of carboxylic acid groups (broad SMARTS) is 1. The highest BCUT2D eigenvalue weighted by Gasteiger charge is 2.34. The van der Waals surface area contributed by atoms with Gasteiger partial charge in [-0.2, -0.15) is 0 Å². The summed E-state index contributed by atoms with van der Waals surface area (Å²) >= 11 is 0. The lowest BCUT2D eigenvalue weighted by molar-refractivity contribution is -0.138. The van der Waals surface area contributed by atoms with E-state index in [9.17, 15) is 9.59 Å². The predicted octanol–water partition coefficient (Wildman–Crippen LogP) is 1.87. The Balaban J connectivity index is 2.43. The van der Waals surface area contributed by atoms with Crippen LogP contribution in [0.2, 0.25) is 0 Å². The fourth-order valence-corrected chi connectivity index (χ4v) is 3.01. The summed E-state index contributed by atoms with van der Waals surface area (Å²) in [6, 6.07) is 0. The zero-order chi connectivity index (χ0) is 15.2. The summed E-state index contributed by atoms with van der Waals surface area (Å²) < 4.78 is 0. The third kappa shape index (κ3) is 5.12. The number of carbonyl (C=O) groups is 2. The lowest BCUT2D eigenvalue weighted by Crippen LogP contribution is -2.53. The van der Waals surface area contributed by atoms with E-state index >= 15 is 0 Å². The Bertz CT molecular complexity index is 336. The minimum Gasteiger partial charge on any atom is -0.481 e. The van der Waals surface area contributed by atoms with Gasteiger partial charge in [0, 0.05) is 24.9 Å². The van der Waals surface area contributed by atoms with E-state index in [4.69, 9.17) is 5.11 Å². The highest BCUT2D eigenvalue weighted by Crippen LogP contribution is 2.31. The maximum absolute atomic E-state index is 11.9. The van der Waals surface area contributed by atoms with Crippen molar-refractivity contribution >= 4 is 11.9 Å². The number of carbonyl (C=O) groups excluding carboxylic acids is 1. The van der Waals surface area contributed by atoms with Gasteiger partial charge in [0.15, 0.2) is 0 Å². The number of nitrogens with zero attached hydrogens (tertiary/aromatic N) is 1. The molecule has 0 aromatic rings. The fourth-order valence-electron chi connectivity index (χ4n) is 3.01. The summed E-state index contributed by atoms with van der Waals surface area (Å²) in [5.74, 6) is -0.998. The molecule has 0 heterocycles. The Morgan fingerprint density at radius 3 is 2.30 bits per heavy atom. The molecule has 0 aromatic carbocycles. The lowest BCUT2D eigenvalue weighted by Gasteiger charge is -2.43. The van der Waals surface area contributed by atoms with Crippen LogP contribution in [0.15, 0.2) is 0 Å². The summed E-state index contributed by atoms with van der Waals surface area (Å²) in [6.45, 7) is 2.47. The van der Waals surface area contributed by atoms with Crippen LogP contribution in [-0.4, -0.2) is 48.1 Å². The van der Waals surface area contributed by atoms with Crippen LogP contribution in [0.3, 0.4) is 0 Å². The van der Waals surface area contributed by atoms with Crippen LogP contribution in [0.25, 0.3) is 0 Å². The first-order valence-electron chi connectivity index (χ1n) is 7.52. The van der Waals surface area contributed by atoms with E-state index in [0.717, 1.165) is 12.8 Å². The molecule has 20 heavy (non-hydrogen) atoms. The normalized spacial score (nSPS) is 19.6. The molecule has 1 aliphatic rings. The number of aliphatic carboxylic acids is 1. The summed E-state index contributed by atoms with van der Waals surface area (Å²) in [7, 11) is 4.15. The monoisotopic (exact) mass is 284 g/mol. The second-order valence-electron chi connectivity index (χ2n) is 6.36. The van der Waals surface area contributed by atoms with Crippen molar-refractivity contribution in [3.05, 3.63) is 0 Å². The van der Waals surface area contributed by atoms with Crippen molar-refractivity contribution in [3.63, 3.8) is 0 Å². The van der Waals surface area contributed by atoms with Crippen molar-refractivity contribution in [2.24, 2.45) is 5.92 Å². The largest absolute Gasteiger partial charge is 0.481 e. The molecule has 0 bridgehead atoms. The predicted molar refractivity (Wildman–Crippen MR) is 78.5 cm³/mol. The Kier molecular flexibility index (Phi) is 6.46. The van der Waals surface area contributed by atoms with Crippen LogP contribution in [0, 0.1) is 5.92 Å². The van der Waals surface area contributed by atoms with Crippen LogP contribution >= 0.6 is 0 Å². The number of rotatable bonds is 7. The molecule has 5 heteroatoms. The van der Waals surface area contributed by atoms with Crippen molar-refractivity contribution in [2.75, 3.05) is 20.6 Å². The lowest BCUT2D eigenvalue weighted by atomic mass is 9.80. The number of carboxylic acids is 1. The van der Waals surface area contributed by atoms with Crippen LogP contribution in [0.1, 0.15) is 51.9 Å². The first-order valence-corrected chi connectivity index (χ1v) is 7.52. The molecule has 116 valence electrons. The average molecular weight is 284 g/mol. The van der Waals surface area contributed by atoms with Gasteiger partial charge in [-0.3, -0.25) is 9.59 Å². The highest BCUT2D eigenvalue weighted by molar-refractivity contribution is 5.77. The summed E-state index contributed by atoms with van der Waals surface area (Å²) in [5.41, 5.74) is 0.0734. The second kappa shape index (κ2) is 7.62. The van der Waals surface area contributed by atoms with E-state index in [-0.39, 0.29) is 30.2 Å². The first kappa shape index (κ1) is 17.0. The molecule has 1 saturated carbocycles. The van der Waals surface area contributed by atoms with Crippen LogP contribution < -0.4 is 5.32 Å². The molecular formula is C15H28N2O3. The quantitative estimate of drug-likeness (QED) is 0.749. The highest BCUT2D eigenvalue weighted by atomic mass is 16.4. The van der Waals surface area contributed by atoms with Crippen molar-refractivity contribution in [1.82, 2.24) is 10.2 Å². The van der Waals surface area contributed by atoms with E-state index in [0.29, 0.717) is 6.54 Å². The van der Waals surface area contributed by atoms with Crippen molar-refractivity contribution in [3.8, 4) is 0 Å². The van der Waals surface area contributed by atoms with Gasteiger partial charge in [-0.1, -0.05) is 26.2 Å². The van der Waals surface area contributed by atoms with Gasteiger partial charge in [-0.05, 0) is 32.9 Å². The van der Waals surface area contributed by atoms with Crippen molar-refractivity contribution in [1.29, 1.82) is 0 Å². The maximum atomic E-state index is 11.9. The zero-order valence-corrected chi connectivity index (χ0v) is 12.9. The molecule has 1 amide bonds. The SMILES string of the molecule is CC(CC(=O)O)CC(=O)NCC1(N(C)C)CCCCC1. The molecule has 0 spiro atoms. The Morgan fingerprint density at radius 1 is 1.20 bits per heavy atom. The molecule has 5 nitrogen and oxygen atoms in total. The van der Waals surface area contributed by atoms with Gasteiger partial charge in [0.05, 0.1) is 0 Å². The maximum Gasteiger partial charge on any atom is 0.303 e. The number of amides is 1. The van der Waals surface area contributed by atoms with E-state index in [1.807, 2.05) is 0 Å². The van der Waals surface area contributed by atoms with Gasteiger partial charge in [-0.15, -0.1) is 0 Å². The topological polar surface area (TPSA) is 69.6 Å². The number of hydrogen-bond donors (Lipinski definition) is 2. The summed E-state index contributed by atoms with van der Waals surface area (Å²) in [6.07, 6.45) is 6.27. The van der Waals surface area contributed by atoms with E-state index in [1.54, 1.807) is 6.92 Å². The molecule has 1 atom stereocenters.